The SMILES string of the molecule is CCOC(=O)c1nnn(CCCSC)c1C. The second-order valence-corrected chi connectivity index (χ2v) is 4.30. The number of hydrogen-bond acceptors (Lipinski definition) is 5. The third-order valence-corrected chi connectivity index (χ3v) is 2.87. The number of hydrogen-bond donors (Lipinski definition) is 0. The fourth-order valence-corrected chi connectivity index (χ4v) is 1.74. The molecule has 0 aliphatic heterocycles. The Morgan fingerprint density at radius 3 is 2.94 bits per heavy atom. The lowest BCUT2D eigenvalue weighted by molar-refractivity contribution is 0.0518. The van der Waals surface area contributed by atoms with Crippen molar-refractivity contribution in [2.75, 3.05) is 18.6 Å². The number of esters is 1. The summed E-state index contributed by atoms with van der Waals surface area (Å²) in [6.45, 7) is 4.76. The highest BCUT2D eigenvalue weighted by molar-refractivity contribution is 7.98. The number of aryl methyl sites for hydroxylation is 1. The first-order chi connectivity index (χ1) is 7.70. The molecule has 0 radical (unpaired) electrons. The van der Waals surface area contributed by atoms with Gasteiger partial charge in [0.2, 0.25) is 0 Å². The monoisotopic (exact) mass is 243 g/mol. The number of thioether (sulfide) groups is 1. The van der Waals surface area contributed by atoms with Crippen molar-refractivity contribution in [3.63, 3.8) is 0 Å². The van der Waals surface area contributed by atoms with Crippen molar-refractivity contribution in [2.45, 2.75) is 26.8 Å². The summed E-state index contributed by atoms with van der Waals surface area (Å²) in [5.41, 5.74) is 1.10. The van der Waals surface area contributed by atoms with Gasteiger partial charge in [-0.05, 0) is 32.3 Å². The number of ether oxygens (including phenoxy) is 1. The van der Waals surface area contributed by atoms with Crippen LogP contribution in [-0.4, -0.2) is 39.6 Å². The zero-order valence-electron chi connectivity index (χ0n) is 9.89. The molecule has 0 saturated carbocycles. The molecule has 1 aromatic rings. The van der Waals surface area contributed by atoms with Crippen molar-refractivity contribution in [3.8, 4) is 0 Å². The molecule has 16 heavy (non-hydrogen) atoms. The Morgan fingerprint density at radius 2 is 2.31 bits per heavy atom. The van der Waals surface area contributed by atoms with E-state index >= 15 is 0 Å². The summed E-state index contributed by atoms with van der Waals surface area (Å²) in [5.74, 6) is 0.685. The van der Waals surface area contributed by atoms with Crippen LogP contribution in [0, 0.1) is 6.92 Å². The van der Waals surface area contributed by atoms with Crippen LogP contribution in [-0.2, 0) is 11.3 Å². The maximum atomic E-state index is 11.5. The van der Waals surface area contributed by atoms with Gasteiger partial charge in [-0.2, -0.15) is 11.8 Å². The average Bonchev–Trinajstić information content (AvgIpc) is 2.61. The maximum Gasteiger partial charge on any atom is 0.360 e. The van der Waals surface area contributed by atoms with Crippen LogP contribution in [0.2, 0.25) is 0 Å². The van der Waals surface area contributed by atoms with Crippen LogP contribution in [0.25, 0.3) is 0 Å². The minimum atomic E-state index is -0.392. The molecule has 1 heterocycles. The fraction of sp³-hybridized carbons (Fsp3) is 0.700. The molecule has 0 spiro atoms. The van der Waals surface area contributed by atoms with E-state index in [1.54, 1.807) is 23.4 Å². The minimum Gasteiger partial charge on any atom is -0.461 e. The first-order valence-corrected chi connectivity index (χ1v) is 6.66. The van der Waals surface area contributed by atoms with Gasteiger partial charge in [0.15, 0.2) is 5.69 Å². The van der Waals surface area contributed by atoms with Gasteiger partial charge in [0.25, 0.3) is 0 Å². The van der Waals surface area contributed by atoms with Crippen molar-refractivity contribution in [1.29, 1.82) is 0 Å². The number of nitrogens with zero attached hydrogens (tertiary/aromatic N) is 3. The summed E-state index contributed by atoms with van der Waals surface area (Å²) in [5, 5.41) is 7.79. The number of rotatable bonds is 6. The van der Waals surface area contributed by atoms with Crippen molar-refractivity contribution >= 4 is 17.7 Å². The Morgan fingerprint density at radius 1 is 1.56 bits per heavy atom. The molecule has 6 heteroatoms. The molecule has 0 atom stereocenters. The Hall–Kier alpha value is -1.04. The molecule has 0 bridgehead atoms. The van der Waals surface area contributed by atoms with Gasteiger partial charge in [0.05, 0.1) is 12.3 Å². The first-order valence-electron chi connectivity index (χ1n) is 5.26. The van der Waals surface area contributed by atoms with Gasteiger partial charge in [-0.1, -0.05) is 5.21 Å². The lowest BCUT2D eigenvalue weighted by Crippen LogP contribution is -2.08. The molecular formula is C10H17N3O2S. The standard InChI is InChI=1S/C10H17N3O2S/c1-4-15-10(14)9-8(2)13(12-11-9)6-5-7-16-3/h4-7H2,1-3H3. The third-order valence-electron chi connectivity index (χ3n) is 2.17. The smallest absolute Gasteiger partial charge is 0.360 e. The molecule has 0 saturated heterocycles. The highest BCUT2D eigenvalue weighted by Crippen LogP contribution is 2.07. The molecule has 0 aliphatic carbocycles. The predicted octanol–water partition coefficient (Wildman–Crippen LogP) is 1.52. The van der Waals surface area contributed by atoms with Gasteiger partial charge < -0.3 is 4.74 Å². The van der Waals surface area contributed by atoms with Crippen molar-refractivity contribution in [3.05, 3.63) is 11.4 Å². The maximum absolute atomic E-state index is 11.5. The summed E-state index contributed by atoms with van der Waals surface area (Å²) in [6, 6.07) is 0. The summed E-state index contributed by atoms with van der Waals surface area (Å²) in [6.07, 6.45) is 3.09. The van der Waals surface area contributed by atoms with Crippen LogP contribution in [0.3, 0.4) is 0 Å². The highest BCUT2D eigenvalue weighted by atomic mass is 32.2. The molecule has 1 aromatic heterocycles. The molecular weight excluding hydrogens is 226 g/mol. The lowest BCUT2D eigenvalue weighted by Gasteiger charge is -2.02. The molecule has 5 nitrogen and oxygen atoms in total. The van der Waals surface area contributed by atoms with Crippen LogP contribution in [0.4, 0.5) is 0 Å². The van der Waals surface area contributed by atoms with E-state index < -0.39 is 5.97 Å². The van der Waals surface area contributed by atoms with E-state index in [4.69, 9.17) is 4.74 Å². The lowest BCUT2D eigenvalue weighted by atomic mass is 10.3. The van der Waals surface area contributed by atoms with Gasteiger partial charge in [-0.15, -0.1) is 5.10 Å². The Balaban J connectivity index is 2.64. The van der Waals surface area contributed by atoms with Crippen molar-refractivity contribution in [1.82, 2.24) is 15.0 Å². The summed E-state index contributed by atoms with van der Waals surface area (Å²) in [7, 11) is 0. The van der Waals surface area contributed by atoms with E-state index in [0.29, 0.717) is 12.3 Å². The molecule has 0 amide bonds. The zero-order chi connectivity index (χ0) is 12.0. The topological polar surface area (TPSA) is 57.0 Å². The normalized spacial score (nSPS) is 10.4. The molecule has 0 aromatic carbocycles. The van der Waals surface area contributed by atoms with Gasteiger partial charge in [-0.25, -0.2) is 9.48 Å². The van der Waals surface area contributed by atoms with Crippen molar-refractivity contribution in [2.24, 2.45) is 0 Å². The van der Waals surface area contributed by atoms with E-state index in [9.17, 15) is 4.79 Å². The summed E-state index contributed by atoms with van der Waals surface area (Å²) in [4.78, 5) is 11.5. The molecule has 0 N–H and O–H groups in total. The third kappa shape index (κ3) is 3.23. The van der Waals surface area contributed by atoms with E-state index in [1.807, 2.05) is 6.92 Å². The van der Waals surface area contributed by atoms with Gasteiger partial charge >= 0.3 is 5.97 Å². The van der Waals surface area contributed by atoms with Crippen molar-refractivity contribution < 1.29 is 9.53 Å². The average molecular weight is 243 g/mol. The molecule has 90 valence electrons. The fourth-order valence-electron chi connectivity index (χ4n) is 1.32. The minimum absolute atomic E-state index is 0.325. The van der Waals surface area contributed by atoms with Crippen LogP contribution in [0.1, 0.15) is 29.5 Å². The van der Waals surface area contributed by atoms with E-state index in [1.165, 1.54) is 0 Å². The molecule has 1 rings (SSSR count). The van der Waals surface area contributed by atoms with Crippen LogP contribution < -0.4 is 0 Å². The zero-order valence-corrected chi connectivity index (χ0v) is 10.7. The van der Waals surface area contributed by atoms with E-state index in [0.717, 1.165) is 24.4 Å². The largest absolute Gasteiger partial charge is 0.461 e. The van der Waals surface area contributed by atoms with Gasteiger partial charge in [-0.3, -0.25) is 0 Å². The quantitative estimate of drug-likeness (QED) is 0.560. The van der Waals surface area contributed by atoms with E-state index in [-0.39, 0.29) is 0 Å². The Labute approximate surface area is 99.5 Å². The second-order valence-electron chi connectivity index (χ2n) is 3.31. The summed E-state index contributed by atoms with van der Waals surface area (Å²) < 4.78 is 6.64. The van der Waals surface area contributed by atoms with Gasteiger partial charge in [0, 0.05) is 6.54 Å². The van der Waals surface area contributed by atoms with Crippen LogP contribution in [0.15, 0.2) is 0 Å². The van der Waals surface area contributed by atoms with Crippen LogP contribution in [0.5, 0.6) is 0 Å². The van der Waals surface area contributed by atoms with Crippen LogP contribution >= 0.6 is 11.8 Å². The van der Waals surface area contributed by atoms with E-state index in [2.05, 4.69) is 16.6 Å². The number of aromatic nitrogens is 3. The Kier molecular flexibility index (Phi) is 5.31. The molecule has 0 aliphatic rings. The number of carbonyl (C=O) groups is 1. The van der Waals surface area contributed by atoms with Gasteiger partial charge in [0.1, 0.15) is 0 Å². The molecule has 0 unspecified atom stereocenters. The number of carbonyl (C=O) groups excluding carboxylic acids is 1. The highest BCUT2D eigenvalue weighted by Gasteiger charge is 2.16. The molecule has 0 fully saturated rings. The Bertz CT molecular complexity index is 352. The first kappa shape index (κ1) is 13.0. The summed E-state index contributed by atoms with van der Waals surface area (Å²) >= 11 is 1.79. The second kappa shape index (κ2) is 6.52. The predicted molar refractivity (Wildman–Crippen MR) is 63.7 cm³/mol.